The normalized spacial score (nSPS) is 26.2. The van der Waals surface area contributed by atoms with E-state index >= 15 is 0 Å². The molecule has 1 aromatic heterocycles. The van der Waals surface area contributed by atoms with Crippen LogP contribution in [0.1, 0.15) is 13.8 Å². The zero-order valence-electron chi connectivity index (χ0n) is 10.3. The molecular formula is C11H17BrN4O. The van der Waals surface area contributed by atoms with Gasteiger partial charge in [-0.3, -0.25) is 9.69 Å². The van der Waals surface area contributed by atoms with Crippen molar-refractivity contribution in [2.24, 2.45) is 0 Å². The molecule has 0 spiro atoms. The SMILES string of the molecule is CC1CN(c2nc[nH]c(=O)c2Br)CC(C)N1C. The van der Waals surface area contributed by atoms with Gasteiger partial charge in [0.25, 0.3) is 5.56 Å². The fraction of sp³-hybridized carbons (Fsp3) is 0.636. The molecule has 5 nitrogen and oxygen atoms in total. The summed E-state index contributed by atoms with van der Waals surface area (Å²) in [6.45, 7) is 6.14. The number of piperazine rings is 1. The molecule has 17 heavy (non-hydrogen) atoms. The molecule has 94 valence electrons. The van der Waals surface area contributed by atoms with Crippen LogP contribution in [0.3, 0.4) is 0 Å². The van der Waals surface area contributed by atoms with Crippen molar-refractivity contribution in [3.8, 4) is 0 Å². The Morgan fingerprint density at radius 1 is 1.41 bits per heavy atom. The number of anilines is 1. The molecule has 0 amide bonds. The Balaban J connectivity index is 2.29. The van der Waals surface area contributed by atoms with Crippen LogP contribution in [0.25, 0.3) is 0 Å². The monoisotopic (exact) mass is 300 g/mol. The largest absolute Gasteiger partial charge is 0.352 e. The van der Waals surface area contributed by atoms with Crippen molar-refractivity contribution in [1.29, 1.82) is 0 Å². The second kappa shape index (κ2) is 4.78. The molecule has 6 heteroatoms. The molecule has 1 saturated heterocycles. The molecular weight excluding hydrogens is 284 g/mol. The third kappa shape index (κ3) is 2.37. The van der Waals surface area contributed by atoms with E-state index in [1.54, 1.807) is 0 Å². The van der Waals surface area contributed by atoms with Crippen LogP contribution >= 0.6 is 15.9 Å². The highest BCUT2D eigenvalue weighted by molar-refractivity contribution is 9.10. The molecule has 1 aliphatic rings. The molecule has 1 fully saturated rings. The van der Waals surface area contributed by atoms with Crippen LogP contribution in [0, 0.1) is 0 Å². The van der Waals surface area contributed by atoms with E-state index in [2.05, 4.69) is 56.6 Å². The Kier molecular flexibility index (Phi) is 3.53. The number of nitrogens with zero attached hydrogens (tertiary/aromatic N) is 3. The minimum atomic E-state index is -0.130. The van der Waals surface area contributed by atoms with Crippen LogP contribution in [0.4, 0.5) is 5.82 Å². The molecule has 1 aromatic rings. The summed E-state index contributed by atoms with van der Waals surface area (Å²) >= 11 is 3.31. The molecule has 2 heterocycles. The zero-order valence-corrected chi connectivity index (χ0v) is 11.9. The highest BCUT2D eigenvalue weighted by atomic mass is 79.9. The summed E-state index contributed by atoms with van der Waals surface area (Å²) in [6.07, 6.45) is 1.45. The molecule has 2 unspecified atom stereocenters. The number of H-pyrrole nitrogens is 1. The second-order valence-electron chi connectivity index (χ2n) is 4.64. The molecule has 2 rings (SSSR count). The number of halogens is 1. The van der Waals surface area contributed by atoms with Gasteiger partial charge in [0.1, 0.15) is 10.3 Å². The van der Waals surface area contributed by atoms with E-state index in [0.29, 0.717) is 16.6 Å². The van der Waals surface area contributed by atoms with Crippen molar-refractivity contribution in [2.45, 2.75) is 25.9 Å². The lowest BCUT2D eigenvalue weighted by Gasteiger charge is -2.43. The first kappa shape index (κ1) is 12.6. The predicted octanol–water partition coefficient (Wildman–Crippen LogP) is 1.06. The molecule has 2 atom stereocenters. The van der Waals surface area contributed by atoms with Crippen molar-refractivity contribution in [3.05, 3.63) is 21.2 Å². The maximum Gasteiger partial charge on any atom is 0.267 e. The van der Waals surface area contributed by atoms with E-state index in [1.807, 2.05) is 0 Å². The van der Waals surface area contributed by atoms with Gasteiger partial charge in [-0.2, -0.15) is 0 Å². The fourth-order valence-corrected chi connectivity index (χ4v) is 2.64. The quantitative estimate of drug-likeness (QED) is 0.843. The van der Waals surface area contributed by atoms with Gasteiger partial charge >= 0.3 is 0 Å². The lowest BCUT2D eigenvalue weighted by Crippen LogP contribution is -2.55. The molecule has 0 aromatic carbocycles. The fourth-order valence-electron chi connectivity index (χ4n) is 2.17. The van der Waals surface area contributed by atoms with E-state index in [9.17, 15) is 4.79 Å². The average Bonchev–Trinajstić information content (AvgIpc) is 2.29. The van der Waals surface area contributed by atoms with Crippen molar-refractivity contribution in [1.82, 2.24) is 14.9 Å². The van der Waals surface area contributed by atoms with Crippen LogP contribution in [0.15, 0.2) is 15.6 Å². The van der Waals surface area contributed by atoms with E-state index in [-0.39, 0.29) is 5.56 Å². The van der Waals surface area contributed by atoms with Crippen LogP contribution in [-0.4, -0.2) is 47.1 Å². The lowest BCUT2D eigenvalue weighted by molar-refractivity contribution is 0.169. The van der Waals surface area contributed by atoms with Crippen molar-refractivity contribution < 1.29 is 0 Å². The topological polar surface area (TPSA) is 52.2 Å². The van der Waals surface area contributed by atoms with Gasteiger partial charge in [-0.1, -0.05) is 0 Å². The smallest absolute Gasteiger partial charge is 0.267 e. The Bertz CT molecular complexity index is 449. The third-order valence-electron chi connectivity index (χ3n) is 3.44. The average molecular weight is 301 g/mol. The maximum absolute atomic E-state index is 11.5. The van der Waals surface area contributed by atoms with Gasteiger partial charge in [-0.15, -0.1) is 0 Å². The molecule has 0 radical (unpaired) electrons. The van der Waals surface area contributed by atoms with Crippen LogP contribution in [-0.2, 0) is 0 Å². The van der Waals surface area contributed by atoms with Gasteiger partial charge in [0.2, 0.25) is 0 Å². The number of hydrogen-bond donors (Lipinski definition) is 1. The summed E-state index contributed by atoms with van der Waals surface area (Å²) in [6, 6.07) is 0.901. The lowest BCUT2D eigenvalue weighted by atomic mass is 10.1. The van der Waals surface area contributed by atoms with Gasteiger partial charge in [-0.25, -0.2) is 4.98 Å². The summed E-state index contributed by atoms with van der Waals surface area (Å²) in [5.74, 6) is 0.737. The highest BCUT2D eigenvalue weighted by Crippen LogP contribution is 2.23. The summed E-state index contributed by atoms with van der Waals surface area (Å²) in [7, 11) is 2.13. The second-order valence-corrected chi connectivity index (χ2v) is 5.43. The molecule has 0 aliphatic carbocycles. The molecule has 0 bridgehead atoms. The molecule has 0 saturated carbocycles. The van der Waals surface area contributed by atoms with Crippen LogP contribution in [0.2, 0.25) is 0 Å². The van der Waals surface area contributed by atoms with Gasteiger partial charge in [0.15, 0.2) is 0 Å². The first-order valence-corrected chi connectivity index (χ1v) is 6.50. The van der Waals surface area contributed by atoms with Crippen LogP contribution < -0.4 is 10.5 Å². The number of aromatic amines is 1. The number of rotatable bonds is 1. The number of likely N-dealkylation sites (N-methyl/N-ethyl adjacent to an activating group) is 1. The minimum absolute atomic E-state index is 0.130. The van der Waals surface area contributed by atoms with E-state index < -0.39 is 0 Å². The first-order valence-electron chi connectivity index (χ1n) is 5.70. The Hall–Kier alpha value is -0.880. The van der Waals surface area contributed by atoms with E-state index in [0.717, 1.165) is 18.9 Å². The van der Waals surface area contributed by atoms with Crippen molar-refractivity contribution >= 4 is 21.7 Å². The Morgan fingerprint density at radius 2 is 2.00 bits per heavy atom. The Morgan fingerprint density at radius 3 is 2.59 bits per heavy atom. The summed E-state index contributed by atoms with van der Waals surface area (Å²) in [5.41, 5.74) is -0.130. The standard InChI is InChI=1S/C11H17BrN4O/c1-7-4-16(5-8(2)15(7)3)10-9(12)11(17)14-6-13-10/h6-8H,4-5H2,1-3H3,(H,13,14,17). The predicted molar refractivity (Wildman–Crippen MR) is 71.5 cm³/mol. The van der Waals surface area contributed by atoms with E-state index in [4.69, 9.17) is 0 Å². The van der Waals surface area contributed by atoms with E-state index in [1.165, 1.54) is 6.33 Å². The summed E-state index contributed by atoms with van der Waals surface area (Å²) in [5, 5.41) is 0. The van der Waals surface area contributed by atoms with Gasteiger partial charge in [0.05, 0.1) is 6.33 Å². The molecule has 1 aliphatic heterocycles. The number of nitrogens with one attached hydrogen (secondary N) is 1. The van der Waals surface area contributed by atoms with Gasteiger partial charge < -0.3 is 9.88 Å². The number of aromatic nitrogens is 2. The van der Waals surface area contributed by atoms with Gasteiger partial charge in [0, 0.05) is 25.2 Å². The summed E-state index contributed by atoms with van der Waals surface area (Å²) in [4.78, 5) is 22.9. The third-order valence-corrected chi connectivity index (χ3v) is 4.15. The first-order chi connectivity index (χ1) is 8.00. The highest BCUT2D eigenvalue weighted by Gasteiger charge is 2.28. The van der Waals surface area contributed by atoms with Crippen molar-refractivity contribution in [2.75, 3.05) is 25.0 Å². The Labute approximate surface area is 109 Å². The van der Waals surface area contributed by atoms with Crippen molar-refractivity contribution in [3.63, 3.8) is 0 Å². The minimum Gasteiger partial charge on any atom is -0.352 e. The summed E-state index contributed by atoms with van der Waals surface area (Å²) < 4.78 is 0.518. The van der Waals surface area contributed by atoms with Crippen LogP contribution in [0.5, 0.6) is 0 Å². The number of hydrogen-bond acceptors (Lipinski definition) is 4. The zero-order chi connectivity index (χ0) is 12.6. The molecule has 1 N–H and O–H groups in total. The maximum atomic E-state index is 11.5. The van der Waals surface area contributed by atoms with Gasteiger partial charge in [-0.05, 0) is 36.8 Å².